The lowest BCUT2D eigenvalue weighted by Crippen LogP contribution is -2.07. The molecule has 0 saturated carbocycles. The quantitative estimate of drug-likeness (QED) is 0.860. The van der Waals surface area contributed by atoms with E-state index in [9.17, 15) is 9.90 Å². The molecule has 1 N–H and O–H groups in total. The van der Waals surface area contributed by atoms with Crippen LogP contribution in [0.2, 0.25) is 0 Å². The summed E-state index contributed by atoms with van der Waals surface area (Å²) in [5, 5.41) is 10.1. The lowest BCUT2D eigenvalue weighted by molar-refractivity contribution is 0.419. The van der Waals surface area contributed by atoms with Gasteiger partial charge in [0.15, 0.2) is 10.9 Å². The smallest absolute Gasteiger partial charge is 0.226 e. The standard InChI is InChI=1S/C15H20N2O3S/c1-9(2)6-17-11(4)10(3)16-15(17)21-8-12-5-13(18)14(19)7-20-12/h5,7,9,19H,6,8H2,1-4H3. The molecule has 2 rings (SSSR count). The Kier molecular flexibility index (Phi) is 4.77. The molecule has 21 heavy (non-hydrogen) atoms. The summed E-state index contributed by atoms with van der Waals surface area (Å²) in [5.74, 6) is 1.20. The summed E-state index contributed by atoms with van der Waals surface area (Å²) in [6.45, 7) is 9.31. The van der Waals surface area contributed by atoms with E-state index in [1.54, 1.807) is 0 Å². The zero-order valence-electron chi connectivity index (χ0n) is 12.7. The fourth-order valence-electron chi connectivity index (χ4n) is 1.97. The SMILES string of the molecule is Cc1nc(SCc2cc(=O)c(O)co2)n(CC(C)C)c1C. The van der Waals surface area contributed by atoms with E-state index >= 15 is 0 Å². The van der Waals surface area contributed by atoms with Gasteiger partial charge in [-0.1, -0.05) is 25.6 Å². The van der Waals surface area contributed by atoms with E-state index in [1.807, 2.05) is 6.92 Å². The molecule has 0 atom stereocenters. The van der Waals surface area contributed by atoms with Gasteiger partial charge >= 0.3 is 0 Å². The Morgan fingerprint density at radius 2 is 2.14 bits per heavy atom. The highest BCUT2D eigenvalue weighted by molar-refractivity contribution is 7.98. The van der Waals surface area contributed by atoms with E-state index in [-0.39, 0.29) is 5.75 Å². The Labute approximate surface area is 128 Å². The lowest BCUT2D eigenvalue weighted by atomic mass is 10.2. The van der Waals surface area contributed by atoms with E-state index in [2.05, 4.69) is 30.3 Å². The number of nitrogens with zero attached hydrogens (tertiary/aromatic N) is 2. The fraction of sp³-hybridized carbons (Fsp3) is 0.467. The molecule has 6 heteroatoms. The van der Waals surface area contributed by atoms with Crippen molar-refractivity contribution < 1.29 is 9.52 Å². The van der Waals surface area contributed by atoms with E-state index in [1.165, 1.54) is 23.5 Å². The average molecular weight is 308 g/mol. The monoisotopic (exact) mass is 308 g/mol. The van der Waals surface area contributed by atoms with Gasteiger partial charge in [-0.05, 0) is 19.8 Å². The van der Waals surface area contributed by atoms with Gasteiger partial charge in [-0.3, -0.25) is 4.79 Å². The lowest BCUT2D eigenvalue weighted by Gasteiger charge is -2.12. The minimum atomic E-state index is -0.422. The van der Waals surface area contributed by atoms with Gasteiger partial charge in [0.25, 0.3) is 0 Å². The van der Waals surface area contributed by atoms with Crippen molar-refractivity contribution in [2.75, 3.05) is 0 Å². The molecular formula is C15H20N2O3S. The van der Waals surface area contributed by atoms with Crippen LogP contribution in [0.3, 0.4) is 0 Å². The summed E-state index contributed by atoms with van der Waals surface area (Å²) in [6.07, 6.45) is 1.08. The molecule has 0 spiro atoms. The van der Waals surface area contributed by atoms with Gasteiger partial charge in [0.2, 0.25) is 5.43 Å². The molecule has 0 fully saturated rings. The molecule has 0 aliphatic carbocycles. The average Bonchev–Trinajstić information content (AvgIpc) is 2.67. The Balaban J connectivity index is 2.17. The van der Waals surface area contributed by atoms with Crippen LogP contribution in [-0.2, 0) is 12.3 Å². The second-order valence-corrected chi connectivity index (χ2v) is 6.40. The van der Waals surface area contributed by atoms with E-state index in [4.69, 9.17) is 4.42 Å². The highest BCUT2D eigenvalue weighted by Crippen LogP contribution is 2.25. The summed E-state index contributed by atoms with van der Waals surface area (Å²) in [6, 6.07) is 1.32. The summed E-state index contributed by atoms with van der Waals surface area (Å²) < 4.78 is 7.41. The minimum absolute atomic E-state index is 0.364. The van der Waals surface area contributed by atoms with Crippen molar-refractivity contribution >= 4 is 11.8 Å². The first-order chi connectivity index (χ1) is 9.88. The van der Waals surface area contributed by atoms with Crippen molar-refractivity contribution in [2.45, 2.75) is 45.1 Å². The molecule has 0 saturated heterocycles. The highest BCUT2D eigenvalue weighted by Gasteiger charge is 2.13. The molecule has 0 bridgehead atoms. The fourth-order valence-corrected chi connectivity index (χ4v) is 2.96. The normalized spacial score (nSPS) is 11.3. The Bertz CT molecular complexity index is 689. The van der Waals surface area contributed by atoms with E-state index in [0.717, 1.165) is 23.7 Å². The van der Waals surface area contributed by atoms with Crippen LogP contribution in [0, 0.1) is 19.8 Å². The number of imidazole rings is 1. The molecule has 2 aromatic rings. The summed E-state index contributed by atoms with van der Waals surface area (Å²) in [7, 11) is 0. The Hall–Kier alpha value is -1.69. The molecule has 0 radical (unpaired) electrons. The van der Waals surface area contributed by atoms with Gasteiger partial charge in [-0.2, -0.15) is 0 Å². The minimum Gasteiger partial charge on any atom is -0.502 e. The highest BCUT2D eigenvalue weighted by atomic mass is 32.2. The van der Waals surface area contributed by atoms with E-state index < -0.39 is 5.43 Å². The van der Waals surface area contributed by atoms with Crippen molar-refractivity contribution in [3.8, 4) is 5.75 Å². The molecule has 0 aromatic carbocycles. The maximum atomic E-state index is 11.4. The van der Waals surface area contributed by atoms with Crippen LogP contribution in [0.1, 0.15) is 31.0 Å². The molecule has 5 nitrogen and oxygen atoms in total. The maximum Gasteiger partial charge on any atom is 0.226 e. The second kappa shape index (κ2) is 6.39. The van der Waals surface area contributed by atoms with Crippen molar-refractivity contribution in [1.29, 1.82) is 0 Å². The van der Waals surface area contributed by atoms with Gasteiger partial charge in [-0.15, -0.1) is 0 Å². The number of aryl methyl sites for hydroxylation is 1. The van der Waals surface area contributed by atoms with Gasteiger partial charge < -0.3 is 14.1 Å². The molecule has 2 heterocycles. The van der Waals surface area contributed by atoms with Crippen molar-refractivity contribution in [3.63, 3.8) is 0 Å². The zero-order valence-corrected chi connectivity index (χ0v) is 13.5. The van der Waals surface area contributed by atoms with Crippen LogP contribution in [0.15, 0.2) is 26.7 Å². The number of thioether (sulfide) groups is 1. The Morgan fingerprint density at radius 1 is 1.43 bits per heavy atom. The summed E-state index contributed by atoms with van der Waals surface area (Å²) >= 11 is 1.53. The molecule has 0 unspecified atom stereocenters. The van der Waals surface area contributed by atoms with Crippen LogP contribution in [0.25, 0.3) is 0 Å². The maximum absolute atomic E-state index is 11.4. The molecule has 114 valence electrons. The first kappa shape index (κ1) is 15.7. The summed E-state index contributed by atoms with van der Waals surface area (Å²) in [4.78, 5) is 16.0. The predicted molar refractivity (Wildman–Crippen MR) is 82.7 cm³/mol. The van der Waals surface area contributed by atoms with E-state index in [0.29, 0.717) is 17.4 Å². The zero-order chi connectivity index (χ0) is 15.6. The molecule has 0 aliphatic rings. The Morgan fingerprint density at radius 3 is 2.76 bits per heavy atom. The third-order valence-corrected chi connectivity index (χ3v) is 4.18. The topological polar surface area (TPSA) is 68.3 Å². The van der Waals surface area contributed by atoms with Crippen LogP contribution in [-0.4, -0.2) is 14.7 Å². The number of aromatic nitrogens is 2. The van der Waals surface area contributed by atoms with Crippen molar-refractivity contribution in [3.05, 3.63) is 39.7 Å². The third kappa shape index (κ3) is 3.69. The van der Waals surface area contributed by atoms with Gasteiger partial charge in [0.1, 0.15) is 12.0 Å². The number of hydrogen-bond acceptors (Lipinski definition) is 5. The number of aromatic hydroxyl groups is 1. The van der Waals surface area contributed by atoms with Crippen LogP contribution >= 0.6 is 11.8 Å². The van der Waals surface area contributed by atoms with Crippen molar-refractivity contribution in [2.24, 2.45) is 5.92 Å². The second-order valence-electron chi connectivity index (χ2n) is 5.45. The first-order valence-corrected chi connectivity index (χ1v) is 7.84. The van der Waals surface area contributed by atoms with Crippen molar-refractivity contribution in [1.82, 2.24) is 9.55 Å². The first-order valence-electron chi connectivity index (χ1n) is 6.85. The molecule has 0 amide bonds. The number of rotatable bonds is 5. The van der Waals surface area contributed by atoms with Gasteiger partial charge in [0.05, 0.1) is 11.4 Å². The molecule has 2 aromatic heterocycles. The summed E-state index contributed by atoms with van der Waals surface area (Å²) in [5.41, 5.74) is 1.76. The molecular weight excluding hydrogens is 288 g/mol. The number of hydrogen-bond donors (Lipinski definition) is 1. The molecule has 0 aliphatic heterocycles. The van der Waals surface area contributed by atoms with Gasteiger partial charge in [0, 0.05) is 18.3 Å². The van der Waals surface area contributed by atoms with Crippen LogP contribution in [0.5, 0.6) is 5.75 Å². The predicted octanol–water partition coefficient (Wildman–Crippen LogP) is 3.11. The third-order valence-electron chi connectivity index (χ3n) is 3.18. The largest absolute Gasteiger partial charge is 0.502 e. The van der Waals surface area contributed by atoms with Gasteiger partial charge in [-0.25, -0.2) is 4.98 Å². The van der Waals surface area contributed by atoms with Crippen LogP contribution in [0.4, 0.5) is 0 Å². The van der Waals surface area contributed by atoms with Crippen LogP contribution < -0.4 is 5.43 Å².